The molecule has 0 fully saturated rings. The van der Waals surface area contributed by atoms with Crippen molar-refractivity contribution in [3.05, 3.63) is 54.4 Å². The average Bonchev–Trinajstić information content (AvgIpc) is 2.87. The monoisotopic (exact) mass is 254 g/mol. The van der Waals surface area contributed by atoms with Crippen molar-refractivity contribution < 1.29 is 9.90 Å². The maximum atomic E-state index is 10.7. The molecule has 3 aromatic rings. The molecule has 19 heavy (non-hydrogen) atoms. The number of nitrogens with zero attached hydrogens (tertiary/aromatic N) is 3. The van der Waals surface area contributed by atoms with Gasteiger partial charge in [0, 0.05) is 18.0 Å². The molecule has 0 atom stereocenters. The van der Waals surface area contributed by atoms with Crippen LogP contribution in [0.25, 0.3) is 5.65 Å². The zero-order valence-electron chi connectivity index (χ0n) is 9.82. The smallest absolute Gasteiger partial charge is 0.335 e. The first-order valence-corrected chi connectivity index (χ1v) is 5.63. The lowest BCUT2D eigenvalue weighted by Crippen LogP contribution is -1.98. The van der Waals surface area contributed by atoms with E-state index in [4.69, 9.17) is 5.11 Å². The number of aromatic carboxylic acids is 1. The number of carboxylic acids is 1. The summed E-state index contributed by atoms with van der Waals surface area (Å²) in [5.74, 6) is -0.263. The third kappa shape index (κ3) is 2.23. The summed E-state index contributed by atoms with van der Waals surface area (Å²) in [6.45, 7) is 0. The summed E-state index contributed by atoms with van der Waals surface area (Å²) in [4.78, 5) is 15.1. The van der Waals surface area contributed by atoms with Crippen LogP contribution in [0.2, 0.25) is 0 Å². The number of nitrogens with one attached hydrogen (secondary N) is 1. The molecule has 0 saturated heterocycles. The topological polar surface area (TPSA) is 79.5 Å². The summed E-state index contributed by atoms with van der Waals surface area (Å²) in [5.41, 5.74) is 1.78. The number of carbonyl (C=O) groups is 1. The number of rotatable bonds is 3. The average molecular weight is 254 g/mol. The summed E-state index contributed by atoms with van der Waals surface area (Å²) in [6, 6.07) is 10.1. The number of fused-ring (bicyclic) bond motifs is 1. The van der Waals surface area contributed by atoms with Crippen molar-refractivity contribution in [3.63, 3.8) is 0 Å². The molecule has 0 radical (unpaired) electrons. The van der Waals surface area contributed by atoms with E-state index in [1.807, 2.05) is 0 Å². The highest BCUT2D eigenvalue weighted by molar-refractivity contribution is 5.88. The van der Waals surface area contributed by atoms with Crippen LogP contribution in [0, 0.1) is 0 Å². The zero-order chi connectivity index (χ0) is 13.2. The van der Waals surface area contributed by atoms with E-state index in [0.717, 1.165) is 11.3 Å². The predicted molar refractivity (Wildman–Crippen MR) is 69.7 cm³/mol. The Morgan fingerprint density at radius 1 is 1.16 bits per heavy atom. The van der Waals surface area contributed by atoms with E-state index < -0.39 is 5.97 Å². The maximum absolute atomic E-state index is 10.7. The Hall–Kier alpha value is -2.89. The molecular formula is C13H10N4O2. The van der Waals surface area contributed by atoms with Crippen molar-refractivity contribution in [2.75, 3.05) is 5.32 Å². The standard InChI is InChI=1S/C13H10N4O2/c18-13(19)9-1-3-10(4-2-9)15-11-6-8-17-12(16-11)5-7-14-17/h1-8H,(H,15,16)(H,18,19). The molecule has 0 aliphatic carbocycles. The van der Waals surface area contributed by atoms with Gasteiger partial charge in [-0.1, -0.05) is 0 Å². The van der Waals surface area contributed by atoms with Gasteiger partial charge in [-0.2, -0.15) is 5.10 Å². The van der Waals surface area contributed by atoms with Crippen LogP contribution in [-0.4, -0.2) is 25.7 Å². The number of anilines is 2. The first-order chi connectivity index (χ1) is 9.22. The van der Waals surface area contributed by atoms with Gasteiger partial charge in [0.2, 0.25) is 0 Å². The minimum atomic E-state index is -0.939. The van der Waals surface area contributed by atoms with Crippen LogP contribution in [0.4, 0.5) is 11.5 Å². The molecule has 0 aliphatic heterocycles. The molecule has 94 valence electrons. The molecule has 0 amide bonds. The van der Waals surface area contributed by atoms with Gasteiger partial charge in [-0.25, -0.2) is 14.3 Å². The summed E-state index contributed by atoms with van der Waals surface area (Å²) >= 11 is 0. The third-order valence-electron chi connectivity index (χ3n) is 2.66. The molecule has 0 unspecified atom stereocenters. The van der Waals surface area contributed by atoms with Crippen molar-refractivity contribution in [2.45, 2.75) is 0 Å². The normalized spacial score (nSPS) is 10.5. The van der Waals surface area contributed by atoms with E-state index in [-0.39, 0.29) is 5.56 Å². The highest BCUT2D eigenvalue weighted by Gasteiger charge is 2.03. The van der Waals surface area contributed by atoms with Gasteiger partial charge < -0.3 is 10.4 Å². The van der Waals surface area contributed by atoms with Crippen LogP contribution in [0.15, 0.2) is 48.8 Å². The second kappa shape index (κ2) is 4.41. The Morgan fingerprint density at radius 2 is 1.95 bits per heavy atom. The molecule has 3 rings (SSSR count). The summed E-state index contributed by atoms with van der Waals surface area (Å²) in [6.07, 6.45) is 3.48. The Bertz CT molecular complexity index is 734. The fourth-order valence-electron chi connectivity index (χ4n) is 1.73. The van der Waals surface area contributed by atoms with Crippen LogP contribution in [0.5, 0.6) is 0 Å². The molecule has 0 saturated carbocycles. The molecule has 2 aromatic heterocycles. The van der Waals surface area contributed by atoms with E-state index in [0.29, 0.717) is 5.82 Å². The second-order valence-corrected chi connectivity index (χ2v) is 3.95. The lowest BCUT2D eigenvalue weighted by Gasteiger charge is -2.06. The largest absolute Gasteiger partial charge is 0.478 e. The van der Waals surface area contributed by atoms with Gasteiger partial charge in [-0.15, -0.1) is 0 Å². The Labute approximate surface area is 108 Å². The number of hydrogen-bond donors (Lipinski definition) is 2. The van der Waals surface area contributed by atoms with Gasteiger partial charge in [-0.05, 0) is 30.3 Å². The lowest BCUT2D eigenvalue weighted by atomic mass is 10.2. The van der Waals surface area contributed by atoms with Crippen LogP contribution in [0.3, 0.4) is 0 Å². The number of aromatic nitrogens is 3. The van der Waals surface area contributed by atoms with Crippen molar-refractivity contribution in [3.8, 4) is 0 Å². The van der Waals surface area contributed by atoms with Gasteiger partial charge in [0.1, 0.15) is 5.82 Å². The van der Waals surface area contributed by atoms with Crippen molar-refractivity contribution in [1.29, 1.82) is 0 Å². The SMILES string of the molecule is O=C(O)c1ccc(Nc2ccn3nccc3n2)cc1. The van der Waals surface area contributed by atoms with Crippen LogP contribution >= 0.6 is 0 Å². The lowest BCUT2D eigenvalue weighted by molar-refractivity contribution is 0.0697. The molecule has 6 heteroatoms. The van der Waals surface area contributed by atoms with E-state index in [9.17, 15) is 4.79 Å². The molecule has 0 aliphatic rings. The summed E-state index contributed by atoms with van der Waals surface area (Å²) < 4.78 is 1.67. The number of benzene rings is 1. The highest BCUT2D eigenvalue weighted by Crippen LogP contribution is 2.15. The highest BCUT2D eigenvalue weighted by atomic mass is 16.4. The van der Waals surface area contributed by atoms with Crippen molar-refractivity contribution >= 4 is 23.1 Å². The molecular weight excluding hydrogens is 244 g/mol. The molecule has 2 heterocycles. The van der Waals surface area contributed by atoms with Gasteiger partial charge in [0.25, 0.3) is 0 Å². The fourth-order valence-corrected chi connectivity index (χ4v) is 1.73. The predicted octanol–water partition coefficient (Wildman–Crippen LogP) is 2.17. The fraction of sp³-hybridized carbons (Fsp3) is 0. The van der Waals surface area contributed by atoms with Gasteiger partial charge >= 0.3 is 5.97 Å². The van der Waals surface area contributed by atoms with Crippen LogP contribution in [0.1, 0.15) is 10.4 Å². The van der Waals surface area contributed by atoms with Gasteiger partial charge in [-0.3, -0.25) is 0 Å². The van der Waals surface area contributed by atoms with Crippen LogP contribution < -0.4 is 5.32 Å². The minimum absolute atomic E-state index is 0.254. The minimum Gasteiger partial charge on any atom is -0.478 e. The van der Waals surface area contributed by atoms with E-state index in [2.05, 4.69) is 15.4 Å². The third-order valence-corrected chi connectivity index (χ3v) is 2.66. The van der Waals surface area contributed by atoms with Crippen molar-refractivity contribution in [1.82, 2.24) is 14.6 Å². The quantitative estimate of drug-likeness (QED) is 0.748. The first kappa shape index (κ1) is 11.2. The molecule has 1 aromatic carbocycles. The van der Waals surface area contributed by atoms with Crippen molar-refractivity contribution in [2.24, 2.45) is 0 Å². The maximum Gasteiger partial charge on any atom is 0.335 e. The van der Waals surface area contributed by atoms with E-state index in [1.54, 1.807) is 53.3 Å². The first-order valence-electron chi connectivity index (χ1n) is 5.63. The zero-order valence-corrected chi connectivity index (χ0v) is 9.82. The molecule has 0 bridgehead atoms. The second-order valence-electron chi connectivity index (χ2n) is 3.95. The Kier molecular flexibility index (Phi) is 2.60. The molecule has 6 nitrogen and oxygen atoms in total. The summed E-state index contributed by atoms with van der Waals surface area (Å²) in [7, 11) is 0. The van der Waals surface area contributed by atoms with Gasteiger partial charge in [0.05, 0.1) is 11.8 Å². The molecule has 2 N–H and O–H groups in total. The molecule has 0 spiro atoms. The number of carboxylic acid groups (broad SMARTS) is 1. The van der Waals surface area contributed by atoms with E-state index in [1.165, 1.54) is 0 Å². The summed E-state index contributed by atoms with van der Waals surface area (Å²) in [5, 5.41) is 16.0. The Morgan fingerprint density at radius 3 is 2.68 bits per heavy atom. The van der Waals surface area contributed by atoms with Crippen LogP contribution in [-0.2, 0) is 0 Å². The Balaban J connectivity index is 1.85. The van der Waals surface area contributed by atoms with Gasteiger partial charge in [0.15, 0.2) is 5.65 Å². The number of hydrogen-bond acceptors (Lipinski definition) is 4. The van der Waals surface area contributed by atoms with E-state index >= 15 is 0 Å².